The highest BCUT2D eigenvalue weighted by atomic mass is 15.1. The molecule has 18 heavy (non-hydrogen) atoms. The minimum Gasteiger partial charge on any atom is -0.373 e. The number of pyridine rings is 1. The van der Waals surface area contributed by atoms with Crippen LogP contribution in [0, 0.1) is 6.92 Å². The third kappa shape index (κ3) is 2.80. The summed E-state index contributed by atoms with van der Waals surface area (Å²) in [6, 6.07) is 12.6. The number of anilines is 2. The van der Waals surface area contributed by atoms with Gasteiger partial charge in [-0.3, -0.25) is 0 Å². The highest BCUT2D eigenvalue weighted by Gasteiger charge is 2.06. The minimum absolute atomic E-state index is 0.840. The molecule has 0 amide bonds. The Morgan fingerprint density at radius 3 is 2.56 bits per heavy atom. The molecule has 0 bridgehead atoms. The summed E-state index contributed by atoms with van der Waals surface area (Å²) >= 11 is 0. The van der Waals surface area contributed by atoms with Crippen LogP contribution in [-0.4, -0.2) is 19.1 Å². The van der Waals surface area contributed by atoms with E-state index in [0.29, 0.717) is 0 Å². The van der Waals surface area contributed by atoms with Gasteiger partial charge in [0.15, 0.2) is 0 Å². The summed E-state index contributed by atoms with van der Waals surface area (Å²) in [6.45, 7) is 2.94. The molecule has 0 radical (unpaired) electrons. The Kier molecular flexibility index (Phi) is 3.82. The fourth-order valence-electron chi connectivity index (χ4n) is 1.94. The summed E-state index contributed by atoms with van der Waals surface area (Å²) in [6.07, 6.45) is 1.81. The number of rotatable bonds is 4. The minimum atomic E-state index is 0.840. The van der Waals surface area contributed by atoms with E-state index in [0.717, 1.165) is 12.4 Å². The summed E-state index contributed by atoms with van der Waals surface area (Å²) in [7, 11) is 3.99. The molecule has 0 aliphatic rings. The van der Waals surface area contributed by atoms with Crippen LogP contribution < -0.4 is 10.2 Å². The van der Waals surface area contributed by atoms with E-state index in [1.54, 1.807) is 6.20 Å². The summed E-state index contributed by atoms with van der Waals surface area (Å²) < 4.78 is 0. The average molecular weight is 241 g/mol. The van der Waals surface area contributed by atoms with Crippen molar-refractivity contribution >= 4 is 11.5 Å². The van der Waals surface area contributed by atoms with Gasteiger partial charge in [0.25, 0.3) is 0 Å². The number of hydrogen-bond acceptors (Lipinski definition) is 3. The second kappa shape index (κ2) is 5.54. The monoisotopic (exact) mass is 241 g/mol. The Labute approximate surface area is 108 Å². The van der Waals surface area contributed by atoms with E-state index in [1.807, 2.05) is 13.1 Å². The molecule has 0 aliphatic heterocycles. The van der Waals surface area contributed by atoms with Crippen molar-refractivity contribution in [2.75, 3.05) is 24.3 Å². The second-order valence-corrected chi connectivity index (χ2v) is 4.45. The van der Waals surface area contributed by atoms with Gasteiger partial charge in [-0.05, 0) is 25.1 Å². The van der Waals surface area contributed by atoms with Crippen molar-refractivity contribution in [1.82, 2.24) is 4.98 Å². The Morgan fingerprint density at radius 2 is 1.89 bits per heavy atom. The highest BCUT2D eigenvalue weighted by molar-refractivity contribution is 5.50. The Bertz CT molecular complexity index is 505. The van der Waals surface area contributed by atoms with Crippen molar-refractivity contribution in [2.24, 2.45) is 0 Å². The number of hydrogen-bond donors (Lipinski definition) is 1. The molecule has 3 nitrogen and oxygen atoms in total. The van der Waals surface area contributed by atoms with E-state index >= 15 is 0 Å². The average Bonchev–Trinajstić information content (AvgIpc) is 2.40. The van der Waals surface area contributed by atoms with Gasteiger partial charge in [-0.25, -0.2) is 4.98 Å². The van der Waals surface area contributed by atoms with Crippen molar-refractivity contribution in [2.45, 2.75) is 13.5 Å². The lowest BCUT2D eigenvalue weighted by Crippen LogP contribution is -2.17. The SMILES string of the molecule is CNc1ncccc1CN(C)c1ccc(C)cc1. The van der Waals surface area contributed by atoms with Crippen molar-refractivity contribution in [3.8, 4) is 0 Å². The van der Waals surface area contributed by atoms with E-state index in [1.165, 1.54) is 16.8 Å². The number of nitrogens with zero attached hydrogens (tertiary/aromatic N) is 2. The molecular formula is C15H19N3. The zero-order valence-electron chi connectivity index (χ0n) is 11.1. The summed E-state index contributed by atoms with van der Waals surface area (Å²) in [5.41, 5.74) is 3.69. The van der Waals surface area contributed by atoms with Crippen LogP contribution >= 0.6 is 0 Å². The third-order valence-electron chi connectivity index (χ3n) is 3.01. The van der Waals surface area contributed by atoms with Gasteiger partial charge in [0, 0.05) is 38.1 Å². The number of benzene rings is 1. The van der Waals surface area contributed by atoms with E-state index in [2.05, 4.69) is 59.5 Å². The van der Waals surface area contributed by atoms with E-state index < -0.39 is 0 Å². The first-order valence-electron chi connectivity index (χ1n) is 6.10. The molecule has 0 aliphatic carbocycles. The van der Waals surface area contributed by atoms with Crippen LogP contribution in [-0.2, 0) is 6.54 Å². The van der Waals surface area contributed by atoms with E-state index in [-0.39, 0.29) is 0 Å². The normalized spacial score (nSPS) is 10.2. The van der Waals surface area contributed by atoms with Crippen LogP contribution in [0.1, 0.15) is 11.1 Å². The molecule has 3 heteroatoms. The molecule has 1 aromatic heterocycles. The molecule has 1 aromatic carbocycles. The van der Waals surface area contributed by atoms with Gasteiger partial charge < -0.3 is 10.2 Å². The van der Waals surface area contributed by atoms with Crippen molar-refractivity contribution < 1.29 is 0 Å². The Hall–Kier alpha value is -2.03. The molecule has 1 heterocycles. The summed E-state index contributed by atoms with van der Waals surface area (Å²) in [4.78, 5) is 6.54. The molecule has 0 saturated heterocycles. The van der Waals surface area contributed by atoms with Gasteiger partial charge in [0.05, 0.1) is 0 Å². The maximum absolute atomic E-state index is 4.32. The van der Waals surface area contributed by atoms with Crippen molar-refractivity contribution in [3.05, 3.63) is 53.7 Å². The molecule has 2 rings (SSSR count). The fourth-order valence-corrected chi connectivity index (χ4v) is 1.94. The van der Waals surface area contributed by atoms with E-state index in [9.17, 15) is 0 Å². The smallest absolute Gasteiger partial charge is 0.130 e. The van der Waals surface area contributed by atoms with Crippen LogP contribution in [0.15, 0.2) is 42.6 Å². The second-order valence-electron chi connectivity index (χ2n) is 4.45. The van der Waals surface area contributed by atoms with Gasteiger partial charge in [0.1, 0.15) is 5.82 Å². The molecular weight excluding hydrogens is 222 g/mol. The first-order valence-corrected chi connectivity index (χ1v) is 6.10. The van der Waals surface area contributed by atoms with Gasteiger partial charge >= 0.3 is 0 Å². The zero-order valence-corrected chi connectivity index (χ0v) is 11.1. The van der Waals surface area contributed by atoms with Gasteiger partial charge in [-0.15, -0.1) is 0 Å². The third-order valence-corrected chi connectivity index (χ3v) is 3.01. The van der Waals surface area contributed by atoms with Crippen molar-refractivity contribution in [1.29, 1.82) is 0 Å². The quantitative estimate of drug-likeness (QED) is 0.891. The van der Waals surface area contributed by atoms with Crippen LogP contribution in [0.2, 0.25) is 0 Å². The van der Waals surface area contributed by atoms with Crippen LogP contribution in [0.5, 0.6) is 0 Å². The van der Waals surface area contributed by atoms with Gasteiger partial charge in [-0.2, -0.15) is 0 Å². The maximum Gasteiger partial charge on any atom is 0.130 e. The molecule has 0 saturated carbocycles. The lowest BCUT2D eigenvalue weighted by atomic mass is 10.2. The van der Waals surface area contributed by atoms with Gasteiger partial charge in [0.2, 0.25) is 0 Å². The van der Waals surface area contributed by atoms with E-state index in [4.69, 9.17) is 0 Å². The molecule has 0 spiro atoms. The Balaban J connectivity index is 2.15. The maximum atomic E-state index is 4.32. The predicted molar refractivity (Wildman–Crippen MR) is 77.1 cm³/mol. The molecule has 0 unspecified atom stereocenters. The molecule has 2 aromatic rings. The summed E-state index contributed by atoms with van der Waals surface area (Å²) in [5, 5.41) is 3.12. The lowest BCUT2D eigenvalue weighted by Gasteiger charge is -2.20. The largest absolute Gasteiger partial charge is 0.373 e. The molecule has 1 N–H and O–H groups in total. The number of aromatic nitrogens is 1. The van der Waals surface area contributed by atoms with Crippen LogP contribution in [0.25, 0.3) is 0 Å². The zero-order chi connectivity index (χ0) is 13.0. The molecule has 94 valence electrons. The Morgan fingerprint density at radius 1 is 1.17 bits per heavy atom. The molecule has 0 atom stereocenters. The first kappa shape index (κ1) is 12.4. The topological polar surface area (TPSA) is 28.2 Å². The number of aryl methyl sites for hydroxylation is 1. The molecule has 0 fully saturated rings. The van der Waals surface area contributed by atoms with Crippen LogP contribution in [0.4, 0.5) is 11.5 Å². The summed E-state index contributed by atoms with van der Waals surface area (Å²) in [5.74, 6) is 0.941. The predicted octanol–water partition coefficient (Wildman–Crippen LogP) is 3.07. The first-order chi connectivity index (χ1) is 8.70. The van der Waals surface area contributed by atoms with Gasteiger partial charge in [-0.1, -0.05) is 23.8 Å². The lowest BCUT2D eigenvalue weighted by molar-refractivity contribution is 0.916. The fraction of sp³-hybridized carbons (Fsp3) is 0.267. The van der Waals surface area contributed by atoms with Crippen LogP contribution in [0.3, 0.4) is 0 Å². The standard InChI is InChI=1S/C15H19N3/c1-12-6-8-14(9-7-12)18(3)11-13-5-4-10-17-15(13)16-2/h4-10H,11H2,1-3H3,(H,16,17). The number of nitrogens with one attached hydrogen (secondary N) is 1. The van der Waals surface area contributed by atoms with Crippen molar-refractivity contribution in [3.63, 3.8) is 0 Å². The highest BCUT2D eigenvalue weighted by Crippen LogP contribution is 2.19.